The van der Waals surface area contributed by atoms with E-state index < -0.39 is 0 Å². The molecule has 0 bridgehead atoms. The standard InChI is InChI=1S/C15H21N3O3/c1-4-8-18(10-14(20)16-3)15(21)17-13-7-5-6-12(9-13)11(2)19/h5-7,9H,4,8,10H2,1-3H3,(H,16,20)(H,17,21). The lowest BCUT2D eigenvalue weighted by molar-refractivity contribution is -0.121. The fourth-order valence-electron chi connectivity index (χ4n) is 1.79. The van der Waals surface area contributed by atoms with Crippen LogP contribution in [0.2, 0.25) is 0 Å². The summed E-state index contributed by atoms with van der Waals surface area (Å²) in [5, 5.41) is 5.20. The summed E-state index contributed by atoms with van der Waals surface area (Å²) in [4.78, 5) is 36.4. The summed E-state index contributed by atoms with van der Waals surface area (Å²) in [6, 6.07) is 6.35. The average Bonchev–Trinajstić information content (AvgIpc) is 2.46. The van der Waals surface area contributed by atoms with E-state index in [9.17, 15) is 14.4 Å². The number of nitrogens with zero attached hydrogens (tertiary/aromatic N) is 1. The van der Waals surface area contributed by atoms with Gasteiger partial charge < -0.3 is 15.5 Å². The van der Waals surface area contributed by atoms with Crippen molar-refractivity contribution in [1.82, 2.24) is 10.2 Å². The third-order valence-electron chi connectivity index (χ3n) is 2.91. The number of anilines is 1. The third-order valence-corrected chi connectivity index (χ3v) is 2.91. The lowest BCUT2D eigenvalue weighted by Crippen LogP contribution is -2.42. The maximum Gasteiger partial charge on any atom is 0.322 e. The summed E-state index contributed by atoms with van der Waals surface area (Å²) in [6.07, 6.45) is 0.748. The van der Waals surface area contributed by atoms with Crippen LogP contribution in [0.1, 0.15) is 30.6 Å². The number of ketones is 1. The minimum atomic E-state index is -0.360. The Morgan fingerprint density at radius 2 is 1.95 bits per heavy atom. The summed E-state index contributed by atoms with van der Waals surface area (Å²) in [5.41, 5.74) is 1.06. The van der Waals surface area contributed by atoms with Gasteiger partial charge in [-0.05, 0) is 25.5 Å². The van der Waals surface area contributed by atoms with Crippen molar-refractivity contribution in [1.29, 1.82) is 0 Å². The largest absolute Gasteiger partial charge is 0.358 e. The summed E-state index contributed by atoms with van der Waals surface area (Å²) in [5.74, 6) is -0.294. The Balaban J connectivity index is 2.78. The van der Waals surface area contributed by atoms with Crippen molar-refractivity contribution < 1.29 is 14.4 Å². The number of hydrogen-bond acceptors (Lipinski definition) is 3. The van der Waals surface area contributed by atoms with Crippen molar-refractivity contribution in [2.24, 2.45) is 0 Å². The molecule has 1 rings (SSSR count). The molecular weight excluding hydrogens is 270 g/mol. The van der Waals surface area contributed by atoms with Crippen LogP contribution in [0, 0.1) is 0 Å². The highest BCUT2D eigenvalue weighted by molar-refractivity contribution is 5.97. The van der Waals surface area contributed by atoms with Gasteiger partial charge in [-0.15, -0.1) is 0 Å². The second-order valence-corrected chi connectivity index (χ2v) is 4.66. The predicted molar refractivity (Wildman–Crippen MR) is 81.4 cm³/mol. The Kier molecular flexibility index (Phi) is 6.39. The van der Waals surface area contributed by atoms with E-state index in [-0.39, 0.29) is 24.3 Å². The quantitative estimate of drug-likeness (QED) is 0.785. The fourth-order valence-corrected chi connectivity index (χ4v) is 1.79. The van der Waals surface area contributed by atoms with Gasteiger partial charge in [0.1, 0.15) is 6.54 Å². The molecule has 0 aliphatic rings. The first-order valence-corrected chi connectivity index (χ1v) is 6.85. The van der Waals surface area contributed by atoms with Crippen molar-refractivity contribution in [2.45, 2.75) is 20.3 Å². The molecule has 0 fully saturated rings. The number of carbonyl (C=O) groups excluding carboxylic acids is 3. The Morgan fingerprint density at radius 1 is 1.24 bits per heavy atom. The number of amides is 3. The van der Waals surface area contributed by atoms with Crippen LogP contribution < -0.4 is 10.6 Å². The van der Waals surface area contributed by atoms with Gasteiger partial charge in [0.05, 0.1) is 0 Å². The molecule has 3 amide bonds. The van der Waals surface area contributed by atoms with E-state index in [0.29, 0.717) is 17.8 Å². The number of benzene rings is 1. The number of rotatable bonds is 6. The van der Waals surface area contributed by atoms with E-state index in [4.69, 9.17) is 0 Å². The van der Waals surface area contributed by atoms with Crippen molar-refractivity contribution >= 4 is 23.4 Å². The minimum Gasteiger partial charge on any atom is -0.358 e. The molecule has 0 saturated heterocycles. The lowest BCUT2D eigenvalue weighted by atomic mass is 10.1. The molecule has 0 radical (unpaired) electrons. The number of Topliss-reactive ketones (excluding diaryl/α,β-unsaturated/α-hetero) is 1. The van der Waals surface area contributed by atoms with E-state index in [1.165, 1.54) is 18.9 Å². The summed E-state index contributed by atoms with van der Waals surface area (Å²) in [7, 11) is 1.53. The molecule has 0 saturated carbocycles. The zero-order chi connectivity index (χ0) is 15.8. The highest BCUT2D eigenvalue weighted by atomic mass is 16.2. The van der Waals surface area contributed by atoms with Crippen LogP contribution in [-0.4, -0.2) is 42.8 Å². The van der Waals surface area contributed by atoms with Crippen molar-refractivity contribution in [3.63, 3.8) is 0 Å². The molecule has 0 aliphatic heterocycles. The zero-order valence-corrected chi connectivity index (χ0v) is 12.6. The smallest absolute Gasteiger partial charge is 0.322 e. The Morgan fingerprint density at radius 3 is 2.52 bits per heavy atom. The molecule has 0 atom stereocenters. The predicted octanol–water partition coefficient (Wildman–Crippen LogP) is 1.88. The molecule has 0 aromatic heterocycles. The summed E-state index contributed by atoms with van der Waals surface area (Å²) >= 11 is 0. The maximum atomic E-state index is 12.2. The first-order chi connectivity index (χ1) is 9.97. The second kappa shape index (κ2) is 8.04. The van der Waals surface area contributed by atoms with Crippen LogP contribution in [0.25, 0.3) is 0 Å². The summed E-state index contributed by atoms with van der Waals surface area (Å²) < 4.78 is 0. The maximum absolute atomic E-state index is 12.2. The molecule has 21 heavy (non-hydrogen) atoms. The number of hydrogen-bond donors (Lipinski definition) is 2. The Labute approximate surface area is 124 Å². The molecule has 1 aromatic carbocycles. The van der Waals surface area contributed by atoms with Gasteiger partial charge in [0, 0.05) is 24.8 Å². The van der Waals surface area contributed by atoms with E-state index in [1.807, 2.05) is 6.92 Å². The van der Waals surface area contributed by atoms with Gasteiger partial charge in [-0.25, -0.2) is 4.79 Å². The minimum absolute atomic E-state index is 0.00255. The third kappa shape index (κ3) is 5.25. The molecule has 6 heteroatoms. The first-order valence-electron chi connectivity index (χ1n) is 6.85. The molecule has 0 spiro atoms. The molecule has 114 valence electrons. The number of carbonyl (C=O) groups is 3. The fraction of sp³-hybridized carbons (Fsp3) is 0.400. The molecule has 6 nitrogen and oxygen atoms in total. The van der Waals surface area contributed by atoms with Gasteiger partial charge in [-0.2, -0.15) is 0 Å². The van der Waals surface area contributed by atoms with E-state index in [0.717, 1.165) is 6.42 Å². The van der Waals surface area contributed by atoms with Crippen LogP contribution in [0.3, 0.4) is 0 Å². The molecule has 2 N–H and O–H groups in total. The highest BCUT2D eigenvalue weighted by Crippen LogP contribution is 2.12. The number of likely N-dealkylation sites (N-methyl/N-ethyl adjacent to an activating group) is 1. The summed E-state index contributed by atoms with van der Waals surface area (Å²) in [6.45, 7) is 3.88. The van der Waals surface area contributed by atoms with Crippen LogP contribution in [0.5, 0.6) is 0 Å². The van der Waals surface area contributed by atoms with Gasteiger partial charge in [0.25, 0.3) is 0 Å². The van der Waals surface area contributed by atoms with Crippen LogP contribution in [0.4, 0.5) is 10.5 Å². The Bertz CT molecular complexity index is 529. The van der Waals surface area contributed by atoms with Gasteiger partial charge in [0.2, 0.25) is 5.91 Å². The topological polar surface area (TPSA) is 78.5 Å². The number of nitrogens with one attached hydrogen (secondary N) is 2. The van der Waals surface area contributed by atoms with Gasteiger partial charge in [-0.1, -0.05) is 19.1 Å². The van der Waals surface area contributed by atoms with Crippen LogP contribution >= 0.6 is 0 Å². The molecular formula is C15H21N3O3. The molecule has 0 aliphatic carbocycles. The molecule has 0 unspecified atom stereocenters. The highest BCUT2D eigenvalue weighted by Gasteiger charge is 2.16. The van der Waals surface area contributed by atoms with Gasteiger partial charge in [0.15, 0.2) is 5.78 Å². The van der Waals surface area contributed by atoms with Gasteiger partial charge >= 0.3 is 6.03 Å². The normalized spacial score (nSPS) is 9.86. The van der Waals surface area contributed by atoms with Crippen molar-refractivity contribution in [2.75, 3.05) is 25.5 Å². The van der Waals surface area contributed by atoms with E-state index in [1.54, 1.807) is 24.3 Å². The van der Waals surface area contributed by atoms with E-state index in [2.05, 4.69) is 10.6 Å². The average molecular weight is 291 g/mol. The first kappa shape index (κ1) is 16.7. The van der Waals surface area contributed by atoms with Gasteiger partial charge in [-0.3, -0.25) is 9.59 Å². The Hall–Kier alpha value is -2.37. The van der Waals surface area contributed by atoms with Crippen molar-refractivity contribution in [3.05, 3.63) is 29.8 Å². The van der Waals surface area contributed by atoms with Crippen LogP contribution in [0.15, 0.2) is 24.3 Å². The van der Waals surface area contributed by atoms with E-state index >= 15 is 0 Å². The van der Waals surface area contributed by atoms with Crippen molar-refractivity contribution in [3.8, 4) is 0 Å². The lowest BCUT2D eigenvalue weighted by Gasteiger charge is -2.21. The number of urea groups is 1. The SMILES string of the molecule is CCCN(CC(=O)NC)C(=O)Nc1cccc(C(C)=O)c1. The zero-order valence-electron chi connectivity index (χ0n) is 12.6. The molecule has 0 heterocycles. The molecule has 1 aromatic rings. The monoisotopic (exact) mass is 291 g/mol. The second-order valence-electron chi connectivity index (χ2n) is 4.66. The van der Waals surface area contributed by atoms with Crippen LogP contribution in [-0.2, 0) is 4.79 Å².